The van der Waals surface area contributed by atoms with Crippen molar-refractivity contribution in [2.75, 3.05) is 10.8 Å². The second kappa shape index (κ2) is 14.8. The summed E-state index contributed by atoms with van der Waals surface area (Å²) in [5.41, 5.74) is 2.85. The Labute approximate surface area is 269 Å². The van der Waals surface area contributed by atoms with E-state index >= 15 is 0 Å². The van der Waals surface area contributed by atoms with Crippen molar-refractivity contribution in [2.24, 2.45) is 0 Å². The van der Waals surface area contributed by atoms with E-state index in [-0.39, 0.29) is 35.5 Å². The predicted molar refractivity (Wildman–Crippen MR) is 176 cm³/mol. The van der Waals surface area contributed by atoms with Gasteiger partial charge in [-0.3, -0.25) is 13.9 Å². The summed E-state index contributed by atoms with van der Waals surface area (Å²) in [7, 11) is -4.25. The third-order valence-electron chi connectivity index (χ3n) is 7.08. The van der Waals surface area contributed by atoms with Crippen molar-refractivity contribution in [1.82, 2.24) is 10.2 Å². The Morgan fingerprint density at radius 1 is 0.818 bits per heavy atom. The smallest absolute Gasteiger partial charge is 0.264 e. The van der Waals surface area contributed by atoms with Crippen LogP contribution in [0.5, 0.6) is 0 Å². The van der Waals surface area contributed by atoms with Crippen LogP contribution < -0.4 is 9.62 Å². The number of halogens is 2. The number of aryl methyl sites for hydroxylation is 1. The van der Waals surface area contributed by atoms with Gasteiger partial charge in [0.15, 0.2) is 0 Å². The minimum absolute atomic E-state index is 0.0430. The van der Waals surface area contributed by atoms with Crippen LogP contribution in [0.4, 0.5) is 5.69 Å². The Kier molecular flexibility index (Phi) is 11.1. The highest BCUT2D eigenvalue weighted by atomic mass is 35.5. The first-order chi connectivity index (χ1) is 21.0. The highest BCUT2D eigenvalue weighted by Crippen LogP contribution is 2.28. The van der Waals surface area contributed by atoms with Crippen molar-refractivity contribution < 1.29 is 18.0 Å². The van der Waals surface area contributed by atoms with Gasteiger partial charge in [0.25, 0.3) is 10.0 Å². The van der Waals surface area contributed by atoms with Crippen LogP contribution in [0.1, 0.15) is 30.5 Å². The van der Waals surface area contributed by atoms with E-state index in [4.69, 9.17) is 23.2 Å². The van der Waals surface area contributed by atoms with Crippen LogP contribution >= 0.6 is 23.2 Å². The Bertz CT molecular complexity index is 1700. The maximum absolute atomic E-state index is 14.5. The molecule has 0 fully saturated rings. The highest BCUT2D eigenvalue weighted by molar-refractivity contribution is 7.92. The molecule has 4 rings (SSSR count). The quantitative estimate of drug-likeness (QED) is 0.186. The molecule has 10 heteroatoms. The second-order valence-electron chi connectivity index (χ2n) is 10.8. The van der Waals surface area contributed by atoms with Crippen molar-refractivity contribution in [3.8, 4) is 0 Å². The molecule has 4 aromatic carbocycles. The van der Waals surface area contributed by atoms with Crippen LogP contribution in [0.25, 0.3) is 0 Å². The maximum Gasteiger partial charge on any atom is 0.264 e. The first kappa shape index (κ1) is 33.1. The number of nitrogens with one attached hydrogen (secondary N) is 1. The van der Waals surface area contributed by atoms with Gasteiger partial charge in [-0.1, -0.05) is 83.9 Å². The van der Waals surface area contributed by atoms with E-state index in [1.165, 1.54) is 35.2 Å². The number of anilines is 1. The lowest BCUT2D eigenvalue weighted by Crippen LogP contribution is -2.54. The monoisotopic (exact) mass is 651 g/mol. The van der Waals surface area contributed by atoms with Gasteiger partial charge in [0.05, 0.1) is 10.6 Å². The van der Waals surface area contributed by atoms with Gasteiger partial charge in [-0.05, 0) is 79.9 Å². The molecule has 0 unspecified atom stereocenters. The molecular formula is C34H35Cl2N3O4S. The molecule has 0 saturated carbocycles. The molecule has 1 atom stereocenters. The van der Waals surface area contributed by atoms with Crippen molar-refractivity contribution >= 4 is 50.7 Å². The molecule has 44 heavy (non-hydrogen) atoms. The number of carbonyl (C=O) groups is 2. The molecular weight excluding hydrogens is 617 g/mol. The third-order valence-corrected chi connectivity index (χ3v) is 9.36. The van der Waals surface area contributed by atoms with E-state index in [1.807, 2.05) is 75.4 Å². The van der Waals surface area contributed by atoms with Crippen LogP contribution in [0.3, 0.4) is 0 Å². The number of carbonyl (C=O) groups excluding carboxylic acids is 2. The highest BCUT2D eigenvalue weighted by Gasteiger charge is 2.35. The van der Waals surface area contributed by atoms with E-state index in [1.54, 1.807) is 18.2 Å². The molecule has 0 radical (unpaired) electrons. The molecule has 0 bridgehead atoms. The molecule has 0 saturated heterocycles. The fraction of sp³-hybridized carbons (Fsp3) is 0.235. The first-order valence-corrected chi connectivity index (χ1v) is 16.4. The molecule has 230 valence electrons. The normalized spacial score (nSPS) is 12.0. The zero-order valence-electron chi connectivity index (χ0n) is 24.8. The summed E-state index contributed by atoms with van der Waals surface area (Å²) in [5, 5.41) is 3.64. The van der Waals surface area contributed by atoms with Crippen molar-refractivity contribution in [3.63, 3.8) is 0 Å². The van der Waals surface area contributed by atoms with Crippen LogP contribution in [-0.2, 0) is 32.6 Å². The van der Waals surface area contributed by atoms with Gasteiger partial charge < -0.3 is 10.2 Å². The van der Waals surface area contributed by atoms with Crippen molar-refractivity contribution in [3.05, 3.63) is 130 Å². The zero-order valence-corrected chi connectivity index (χ0v) is 27.1. The minimum Gasteiger partial charge on any atom is -0.352 e. The molecule has 0 aromatic heterocycles. The van der Waals surface area contributed by atoms with Gasteiger partial charge in [0.1, 0.15) is 12.6 Å². The van der Waals surface area contributed by atoms with Gasteiger partial charge in [-0.25, -0.2) is 8.42 Å². The molecule has 0 heterocycles. The molecule has 0 aliphatic rings. The number of rotatable bonds is 12. The lowest BCUT2D eigenvalue weighted by Gasteiger charge is -2.34. The number of amides is 2. The number of hydrogen-bond donors (Lipinski definition) is 1. The summed E-state index contributed by atoms with van der Waals surface area (Å²) in [5.74, 6) is -0.883. The predicted octanol–water partition coefficient (Wildman–Crippen LogP) is 6.66. The molecule has 0 aliphatic heterocycles. The van der Waals surface area contributed by atoms with E-state index in [2.05, 4.69) is 5.32 Å². The van der Waals surface area contributed by atoms with Gasteiger partial charge in [-0.15, -0.1) is 0 Å². The van der Waals surface area contributed by atoms with Crippen LogP contribution in [0.15, 0.2) is 108 Å². The molecule has 0 spiro atoms. The Hall–Kier alpha value is -3.85. The second-order valence-corrected chi connectivity index (χ2v) is 13.5. The average Bonchev–Trinajstić information content (AvgIpc) is 2.98. The van der Waals surface area contributed by atoms with Crippen molar-refractivity contribution in [1.29, 1.82) is 0 Å². The summed E-state index contributed by atoms with van der Waals surface area (Å²) in [6, 6.07) is 28.0. The first-order valence-electron chi connectivity index (χ1n) is 14.2. The van der Waals surface area contributed by atoms with E-state index in [9.17, 15) is 18.0 Å². The average molecular weight is 653 g/mol. The van der Waals surface area contributed by atoms with Gasteiger partial charge >= 0.3 is 0 Å². The van der Waals surface area contributed by atoms with E-state index < -0.39 is 28.5 Å². The largest absolute Gasteiger partial charge is 0.352 e. The Morgan fingerprint density at radius 3 is 2.11 bits per heavy atom. The molecule has 1 N–H and O–H groups in total. The van der Waals surface area contributed by atoms with Gasteiger partial charge in [0, 0.05) is 29.1 Å². The number of nitrogens with zero attached hydrogens (tertiary/aromatic N) is 2. The topological polar surface area (TPSA) is 86.8 Å². The zero-order chi connectivity index (χ0) is 31.9. The van der Waals surface area contributed by atoms with Crippen LogP contribution in [-0.4, -0.2) is 43.8 Å². The van der Waals surface area contributed by atoms with Crippen LogP contribution in [0.2, 0.25) is 10.0 Å². The molecule has 4 aromatic rings. The Morgan fingerprint density at radius 2 is 1.48 bits per heavy atom. The number of sulfonamides is 1. The van der Waals surface area contributed by atoms with E-state index in [0.717, 1.165) is 21.0 Å². The Balaban J connectivity index is 1.82. The summed E-state index contributed by atoms with van der Waals surface area (Å²) >= 11 is 12.3. The lowest BCUT2D eigenvalue weighted by atomic mass is 10.0. The summed E-state index contributed by atoms with van der Waals surface area (Å²) in [6.45, 7) is 5.16. The fourth-order valence-corrected chi connectivity index (χ4v) is 6.52. The minimum atomic E-state index is -4.25. The number of benzene rings is 4. The number of hydrogen-bond acceptors (Lipinski definition) is 4. The molecule has 2 amide bonds. The fourth-order valence-electron chi connectivity index (χ4n) is 4.80. The summed E-state index contributed by atoms with van der Waals surface area (Å²) < 4.78 is 29.1. The van der Waals surface area contributed by atoms with E-state index in [0.29, 0.717) is 10.0 Å². The summed E-state index contributed by atoms with van der Waals surface area (Å²) in [4.78, 5) is 29.7. The van der Waals surface area contributed by atoms with Gasteiger partial charge in [-0.2, -0.15) is 0 Å². The van der Waals surface area contributed by atoms with Crippen molar-refractivity contribution in [2.45, 2.75) is 50.7 Å². The van der Waals surface area contributed by atoms with Crippen LogP contribution in [0, 0.1) is 6.92 Å². The standard InChI is InChI=1S/C34H35Cl2N3O4S/c1-24(2)37-34(41)32(20-26-11-5-4-6-12-26)38(22-27-13-8-7-10-25(27)3)33(40)23-39(30-15-9-14-29(36)21-30)44(42,43)31-18-16-28(35)17-19-31/h4-19,21,24,32H,20,22-23H2,1-3H3,(H,37,41)/t32-/m1/s1. The molecule has 0 aliphatic carbocycles. The van der Waals surface area contributed by atoms with Gasteiger partial charge in [0.2, 0.25) is 11.8 Å². The molecule has 7 nitrogen and oxygen atoms in total. The SMILES string of the molecule is Cc1ccccc1CN(C(=O)CN(c1cccc(Cl)c1)S(=O)(=O)c1ccc(Cl)cc1)[C@H](Cc1ccccc1)C(=O)NC(C)C. The third kappa shape index (κ3) is 8.40. The lowest BCUT2D eigenvalue weighted by molar-refractivity contribution is -0.140. The summed E-state index contributed by atoms with van der Waals surface area (Å²) in [6.07, 6.45) is 0.234. The maximum atomic E-state index is 14.5.